The summed E-state index contributed by atoms with van der Waals surface area (Å²) in [6, 6.07) is 0. The lowest BCUT2D eigenvalue weighted by molar-refractivity contribution is 0.0290. The largest absolute Gasteiger partial charge is 0.444 e. The highest BCUT2D eigenvalue weighted by molar-refractivity contribution is 5.68. The molecule has 5 nitrogen and oxygen atoms in total. The summed E-state index contributed by atoms with van der Waals surface area (Å²) < 4.78 is 5.27. The quantitative estimate of drug-likeness (QED) is 0.555. The fourth-order valence-electron chi connectivity index (χ4n) is 1.58. The van der Waals surface area contributed by atoms with Gasteiger partial charge < -0.3 is 9.64 Å². The minimum atomic E-state index is -0.406. The molecule has 1 amide bonds. The maximum atomic E-state index is 11.6. The molecule has 0 radical (unpaired) electrons. The number of nitrogens with one attached hydrogen (secondary N) is 2. The van der Waals surface area contributed by atoms with Gasteiger partial charge in [-0.3, -0.25) is 0 Å². The van der Waals surface area contributed by atoms with Crippen molar-refractivity contribution in [3.63, 3.8) is 0 Å². The Kier molecular flexibility index (Phi) is 1.97. The van der Waals surface area contributed by atoms with E-state index >= 15 is 0 Å². The molecule has 2 rings (SSSR count). The van der Waals surface area contributed by atoms with Gasteiger partial charge in [-0.1, -0.05) is 0 Å². The van der Waals surface area contributed by atoms with Gasteiger partial charge in [0.1, 0.15) is 11.3 Å². The zero-order chi connectivity index (χ0) is 10.4. The van der Waals surface area contributed by atoms with Crippen molar-refractivity contribution in [2.24, 2.45) is 0 Å². The maximum Gasteiger partial charge on any atom is 0.410 e. The summed E-state index contributed by atoms with van der Waals surface area (Å²) >= 11 is 0. The van der Waals surface area contributed by atoms with Crippen molar-refractivity contribution < 1.29 is 9.53 Å². The van der Waals surface area contributed by atoms with E-state index in [1.807, 2.05) is 20.8 Å². The molecule has 80 valence electrons. The van der Waals surface area contributed by atoms with E-state index < -0.39 is 5.60 Å². The van der Waals surface area contributed by atoms with Gasteiger partial charge in [0.15, 0.2) is 0 Å². The molecule has 2 heterocycles. The average molecular weight is 199 g/mol. The molecule has 14 heavy (non-hydrogen) atoms. The Hall–Kier alpha value is -0.810. The predicted molar refractivity (Wildman–Crippen MR) is 51.4 cm³/mol. The van der Waals surface area contributed by atoms with E-state index in [0.29, 0.717) is 6.54 Å². The van der Waals surface area contributed by atoms with E-state index in [0.717, 1.165) is 13.0 Å². The molecule has 0 aliphatic carbocycles. The molecule has 0 aromatic rings. The molecule has 0 atom stereocenters. The fourth-order valence-corrected chi connectivity index (χ4v) is 1.58. The van der Waals surface area contributed by atoms with Crippen LogP contribution in [0.15, 0.2) is 0 Å². The standard InChI is InChI=1S/C9H17N3O2/c1-8(2,3)14-7(13)12-5-4-9(6-12)10-11-9/h10-11H,4-6H2,1-3H3. The van der Waals surface area contributed by atoms with Crippen LogP contribution in [0.3, 0.4) is 0 Å². The lowest BCUT2D eigenvalue weighted by Crippen LogP contribution is -2.36. The second kappa shape index (κ2) is 2.84. The number of nitrogens with zero attached hydrogens (tertiary/aromatic N) is 1. The molecular formula is C9H17N3O2. The van der Waals surface area contributed by atoms with Crippen molar-refractivity contribution in [1.29, 1.82) is 0 Å². The fraction of sp³-hybridized carbons (Fsp3) is 0.889. The van der Waals surface area contributed by atoms with Crippen molar-refractivity contribution in [2.75, 3.05) is 13.1 Å². The lowest BCUT2D eigenvalue weighted by atomic mass is 10.2. The van der Waals surface area contributed by atoms with Crippen molar-refractivity contribution >= 4 is 6.09 Å². The molecule has 2 fully saturated rings. The summed E-state index contributed by atoms with van der Waals surface area (Å²) in [7, 11) is 0. The molecule has 0 bridgehead atoms. The number of ether oxygens (including phenoxy) is 1. The van der Waals surface area contributed by atoms with Gasteiger partial charge in [-0.15, -0.1) is 0 Å². The van der Waals surface area contributed by atoms with E-state index in [1.165, 1.54) is 0 Å². The zero-order valence-corrected chi connectivity index (χ0v) is 8.89. The highest BCUT2D eigenvalue weighted by atomic mass is 16.6. The number of hydrazine groups is 1. The first-order valence-corrected chi connectivity index (χ1v) is 4.93. The number of amides is 1. The Balaban J connectivity index is 1.87. The Bertz CT molecular complexity index is 255. The number of carbonyl (C=O) groups excluding carboxylic acids is 1. The van der Waals surface area contributed by atoms with E-state index in [9.17, 15) is 4.79 Å². The third-order valence-electron chi connectivity index (χ3n) is 2.40. The Labute approximate surface area is 83.8 Å². The molecule has 2 aliphatic rings. The zero-order valence-electron chi connectivity index (χ0n) is 8.89. The second-order valence-electron chi connectivity index (χ2n) is 4.98. The van der Waals surface area contributed by atoms with E-state index in [2.05, 4.69) is 10.9 Å². The first-order valence-electron chi connectivity index (χ1n) is 4.93. The molecular weight excluding hydrogens is 182 g/mol. The molecule has 1 spiro atoms. The summed E-state index contributed by atoms with van der Waals surface area (Å²) in [5.74, 6) is 0. The minimum Gasteiger partial charge on any atom is -0.444 e. The van der Waals surface area contributed by atoms with Gasteiger partial charge >= 0.3 is 6.09 Å². The highest BCUT2D eigenvalue weighted by Gasteiger charge is 2.49. The van der Waals surface area contributed by atoms with Gasteiger partial charge in [-0.25, -0.2) is 15.6 Å². The lowest BCUT2D eigenvalue weighted by Gasteiger charge is -2.24. The number of likely N-dealkylation sites (tertiary alicyclic amines) is 1. The molecule has 0 unspecified atom stereocenters. The van der Waals surface area contributed by atoms with E-state index in [-0.39, 0.29) is 11.8 Å². The minimum absolute atomic E-state index is 0.00307. The molecule has 2 aliphatic heterocycles. The third-order valence-corrected chi connectivity index (χ3v) is 2.40. The van der Waals surface area contributed by atoms with Crippen molar-refractivity contribution in [2.45, 2.75) is 38.5 Å². The van der Waals surface area contributed by atoms with Gasteiger partial charge in [0, 0.05) is 13.0 Å². The molecule has 0 saturated carbocycles. The monoisotopic (exact) mass is 199 g/mol. The van der Waals surface area contributed by atoms with Gasteiger partial charge in [0.25, 0.3) is 0 Å². The number of hydrogen-bond donors (Lipinski definition) is 2. The van der Waals surface area contributed by atoms with Crippen LogP contribution in [0, 0.1) is 0 Å². The van der Waals surface area contributed by atoms with Gasteiger partial charge in [0.2, 0.25) is 0 Å². The first kappa shape index (κ1) is 9.73. The van der Waals surface area contributed by atoms with Crippen LogP contribution in [0.1, 0.15) is 27.2 Å². The molecule has 0 aromatic heterocycles. The smallest absolute Gasteiger partial charge is 0.410 e. The van der Waals surface area contributed by atoms with Crippen LogP contribution in [0.5, 0.6) is 0 Å². The molecule has 5 heteroatoms. The van der Waals surface area contributed by atoms with E-state index in [1.54, 1.807) is 4.90 Å². The summed E-state index contributed by atoms with van der Waals surface area (Å²) in [6.45, 7) is 7.09. The van der Waals surface area contributed by atoms with Gasteiger partial charge in [-0.2, -0.15) is 0 Å². The van der Waals surface area contributed by atoms with Crippen molar-refractivity contribution in [1.82, 2.24) is 15.8 Å². The SMILES string of the molecule is CC(C)(C)OC(=O)N1CCC2(C1)NN2. The van der Waals surface area contributed by atoms with Crippen molar-refractivity contribution in [3.8, 4) is 0 Å². The summed E-state index contributed by atoms with van der Waals surface area (Å²) in [6.07, 6.45) is 0.733. The summed E-state index contributed by atoms with van der Waals surface area (Å²) in [5.41, 5.74) is 5.71. The normalized spacial score (nSPS) is 24.1. The second-order valence-corrected chi connectivity index (χ2v) is 4.98. The Morgan fingerprint density at radius 1 is 1.43 bits per heavy atom. The van der Waals surface area contributed by atoms with Gasteiger partial charge in [-0.05, 0) is 20.8 Å². The van der Waals surface area contributed by atoms with E-state index in [4.69, 9.17) is 4.74 Å². The number of hydrogen-bond acceptors (Lipinski definition) is 4. The Morgan fingerprint density at radius 3 is 2.50 bits per heavy atom. The van der Waals surface area contributed by atoms with Crippen LogP contribution < -0.4 is 10.9 Å². The maximum absolute atomic E-state index is 11.6. The summed E-state index contributed by atoms with van der Waals surface area (Å²) in [4.78, 5) is 13.4. The van der Waals surface area contributed by atoms with Crippen LogP contribution >= 0.6 is 0 Å². The topological polar surface area (TPSA) is 73.4 Å². The molecule has 2 saturated heterocycles. The first-order chi connectivity index (χ1) is 6.40. The Morgan fingerprint density at radius 2 is 2.07 bits per heavy atom. The average Bonchev–Trinajstić information content (AvgIpc) is 2.57. The summed E-state index contributed by atoms with van der Waals surface area (Å²) in [5, 5.41) is 0. The van der Waals surface area contributed by atoms with Crippen LogP contribution in [-0.4, -0.2) is 35.3 Å². The molecule has 2 N–H and O–H groups in total. The van der Waals surface area contributed by atoms with Crippen molar-refractivity contribution in [3.05, 3.63) is 0 Å². The molecule has 0 aromatic carbocycles. The van der Waals surface area contributed by atoms with Crippen LogP contribution in [0.2, 0.25) is 0 Å². The van der Waals surface area contributed by atoms with Gasteiger partial charge in [0.05, 0.1) is 6.54 Å². The third kappa shape index (κ3) is 1.99. The highest BCUT2D eigenvalue weighted by Crippen LogP contribution is 2.25. The van der Waals surface area contributed by atoms with Crippen LogP contribution in [0.4, 0.5) is 4.79 Å². The predicted octanol–water partition coefficient (Wildman–Crippen LogP) is 0.431. The number of rotatable bonds is 0. The van der Waals surface area contributed by atoms with Crippen LogP contribution in [0.25, 0.3) is 0 Å². The number of carbonyl (C=O) groups is 1. The van der Waals surface area contributed by atoms with Crippen LogP contribution in [-0.2, 0) is 4.74 Å².